The highest BCUT2D eigenvalue weighted by atomic mass is 19.1. The van der Waals surface area contributed by atoms with Crippen molar-refractivity contribution in [2.45, 2.75) is 25.4 Å². The number of aryl methyl sites for hydroxylation is 1. The molecule has 0 saturated heterocycles. The minimum atomic E-state index is -1.10. The molecule has 4 nitrogen and oxygen atoms in total. The fourth-order valence-electron chi connectivity index (χ4n) is 1.93. The van der Waals surface area contributed by atoms with Crippen LogP contribution in [0.5, 0.6) is 0 Å². The third-order valence-corrected chi connectivity index (χ3v) is 2.91. The van der Waals surface area contributed by atoms with Gasteiger partial charge in [-0.1, -0.05) is 29.5 Å². The predicted molar refractivity (Wildman–Crippen MR) is 63.1 cm³/mol. The number of halogens is 1. The van der Waals surface area contributed by atoms with Gasteiger partial charge in [0.05, 0.1) is 0 Å². The van der Waals surface area contributed by atoms with Crippen molar-refractivity contribution in [1.29, 1.82) is 0 Å². The first-order valence-corrected chi connectivity index (χ1v) is 5.85. The van der Waals surface area contributed by atoms with E-state index < -0.39 is 12.1 Å². The second-order valence-corrected chi connectivity index (χ2v) is 4.25. The van der Waals surface area contributed by atoms with Crippen LogP contribution in [0.3, 0.4) is 0 Å². The number of nitrogens with zero attached hydrogens (tertiary/aromatic N) is 1. The molecule has 0 saturated carbocycles. The summed E-state index contributed by atoms with van der Waals surface area (Å²) < 4.78 is 18.3. The number of aromatic carboxylic acids is 1. The zero-order valence-electron chi connectivity index (χ0n) is 9.75. The molecule has 2 rings (SSSR count). The van der Waals surface area contributed by atoms with Crippen LogP contribution < -0.4 is 0 Å². The lowest BCUT2D eigenvalue weighted by Crippen LogP contribution is -2.13. The Morgan fingerprint density at radius 3 is 2.89 bits per heavy atom. The molecule has 2 atom stereocenters. The van der Waals surface area contributed by atoms with E-state index in [1.165, 1.54) is 6.07 Å². The smallest absolute Gasteiger partial charge is 0.358 e. The third kappa shape index (κ3) is 3.06. The molecule has 96 valence electrons. The van der Waals surface area contributed by atoms with Crippen LogP contribution in [0.2, 0.25) is 0 Å². The van der Waals surface area contributed by atoms with Crippen LogP contribution in [-0.4, -0.2) is 22.4 Å². The molecule has 1 N–H and O–H groups in total. The number of carboxylic acid groups (broad SMARTS) is 1. The van der Waals surface area contributed by atoms with E-state index in [0.29, 0.717) is 18.6 Å². The van der Waals surface area contributed by atoms with Gasteiger partial charge in [0.15, 0.2) is 5.69 Å². The average Bonchev–Trinajstić information content (AvgIpc) is 2.80. The number of hydrogen-bond donors (Lipinski definition) is 1. The van der Waals surface area contributed by atoms with Crippen LogP contribution in [0, 0.1) is 5.92 Å². The molecule has 1 aliphatic carbocycles. The summed E-state index contributed by atoms with van der Waals surface area (Å²) >= 11 is 0. The van der Waals surface area contributed by atoms with Gasteiger partial charge in [0, 0.05) is 18.4 Å². The molecule has 1 aromatic heterocycles. The lowest BCUT2D eigenvalue weighted by Gasteiger charge is -2.16. The minimum Gasteiger partial charge on any atom is -0.476 e. The predicted octanol–water partition coefficient (Wildman–Crippen LogP) is 2.78. The Morgan fingerprint density at radius 1 is 1.44 bits per heavy atom. The molecule has 0 aromatic carbocycles. The summed E-state index contributed by atoms with van der Waals surface area (Å²) in [4.78, 5) is 10.6. The van der Waals surface area contributed by atoms with Crippen molar-refractivity contribution in [2.24, 2.45) is 5.92 Å². The summed E-state index contributed by atoms with van der Waals surface area (Å²) in [5, 5.41) is 12.1. The molecule has 0 radical (unpaired) electrons. The summed E-state index contributed by atoms with van der Waals surface area (Å²) in [5.41, 5.74) is -0.0890. The lowest BCUT2D eigenvalue weighted by molar-refractivity contribution is 0.0685. The summed E-state index contributed by atoms with van der Waals surface area (Å²) in [6, 6.07) is 1.41. The summed E-state index contributed by atoms with van der Waals surface area (Å²) in [6.07, 6.45) is 8.02. The topological polar surface area (TPSA) is 63.3 Å². The second kappa shape index (κ2) is 5.62. The minimum absolute atomic E-state index is 0.0890. The van der Waals surface area contributed by atoms with Crippen molar-refractivity contribution < 1.29 is 18.8 Å². The molecule has 0 bridgehead atoms. The second-order valence-electron chi connectivity index (χ2n) is 4.25. The highest BCUT2D eigenvalue weighted by molar-refractivity contribution is 5.85. The Morgan fingerprint density at radius 2 is 2.22 bits per heavy atom. The Balaban J connectivity index is 1.79. The van der Waals surface area contributed by atoms with E-state index in [1.807, 2.05) is 12.2 Å². The number of carboxylic acids is 1. The molecule has 0 fully saturated rings. The number of alkyl halides is 1. The van der Waals surface area contributed by atoms with Crippen LogP contribution >= 0.6 is 0 Å². The van der Waals surface area contributed by atoms with E-state index in [1.54, 1.807) is 12.2 Å². The standard InChI is InChI=1S/C13H14FNO3/c14-11-7-2-1-4-9(11)5-3-6-10-8-12(13(16)17)15-18-10/h1-2,4,7-9,11H,3,5-6H2,(H,16,17). The Labute approximate surface area is 104 Å². The molecule has 18 heavy (non-hydrogen) atoms. The molecule has 0 amide bonds. The van der Waals surface area contributed by atoms with Gasteiger partial charge in [-0.05, 0) is 12.8 Å². The number of allylic oxidation sites excluding steroid dienone is 4. The van der Waals surface area contributed by atoms with Crippen molar-refractivity contribution >= 4 is 5.97 Å². The van der Waals surface area contributed by atoms with Crippen molar-refractivity contribution in [3.05, 3.63) is 41.8 Å². The van der Waals surface area contributed by atoms with E-state index in [9.17, 15) is 9.18 Å². The van der Waals surface area contributed by atoms with Gasteiger partial charge in [-0.3, -0.25) is 0 Å². The lowest BCUT2D eigenvalue weighted by atomic mass is 9.93. The zero-order chi connectivity index (χ0) is 13.0. The summed E-state index contributed by atoms with van der Waals surface area (Å²) in [6.45, 7) is 0. The molecule has 5 heteroatoms. The van der Waals surface area contributed by atoms with E-state index in [4.69, 9.17) is 9.63 Å². The monoisotopic (exact) mass is 251 g/mol. The molecular formula is C13H14FNO3. The largest absolute Gasteiger partial charge is 0.476 e. The average molecular weight is 251 g/mol. The van der Waals surface area contributed by atoms with Crippen molar-refractivity contribution in [3.8, 4) is 0 Å². The fraction of sp³-hybridized carbons (Fsp3) is 0.385. The van der Waals surface area contributed by atoms with E-state index in [2.05, 4.69) is 5.16 Å². The highest BCUT2D eigenvalue weighted by Crippen LogP contribution is 2.22. The van der Waals surface area contributed by atoms with Crippen LogP contribution in [0.4, 0.5) is 4.39 Å². The van der Waals surface area contributed by atoms with Gasteiger partial charge in [-0.2, -0.15) is 0 Å². The summed E-state index contributed by atoms with van der Waals surface area (Å²) in [5.74, 6) is -0.677. The number of carbonyl (C=O) groups is 1. The van der Waals surface area contributed by atoms with Crippen molar-refractivity contribution in [3.63, 3.8) is 0 Å². The number of aromatic nitrogens is 1. The van der Waals surface area contributed by atoms with Crippen molar-refractivity contribution in [1.82, 2.24) is 5.16 Å². The summed E-state index contributed by atoms with van der Waals surface area (Å²) in [7, 11) is 0. The number of rotatable bonds is 5. The Hall–Kier alpha value is -1.91. The molecular weight excluding hydrogens is 237 g/mol. The van der Waals surface area contributed by atoms with Crippen LogP contribution in [-0.2, 0) is 6.42 Å². The maximum atomic E-state index is 13.4. The molecule has 1 aromatic rings. The van der Waals surface area contributed by atoms with E-state index >= 15 is 0 Å². The fourth-order valence-corrected chi connectivity index (χ4v) is 1.93. The van der Waals surface area contributed by atoms with Crippen LogP contribution in [0.25, 0.3) is 0 Å². The van der Waals surface area contributed by atoms with Gasteiger partial charge in [-0.15, -0.1) is 0 Å². The van der Waals surface area contributed by atoms with Gasteiger partial charge in [0.1, 0.15) is 11.9 Å². The first kappa shape index (κ1) is 12.5. The first-order chi connectivity index (χ1) is 8.66. The van der Waals surface area contributed by atoms with Crippen LogP contribution in [0.15, 0.2) is 34.9 Å². The van der Waals surface area contributed by atoms with Crippen LogP contribution in [0.1, 0.15) is 29.1 Å². The van der Waals surface area contributed by atoms with Gasteiger partial charge in [0.2, 0.25) is 0 Å². The van der Waals surface area contributed by atoms with E-state index in [0.717, 1.165) is 6.42 Å². The quantitative estimate of drug-likeness (QED) is 0.874. The van der Waals surface area contributed by atoms with Crippen molar-refractivity contribution in [2.75, 3.05) is 0 Å². The maximum absolute atomic E-state index is 13.4. The Bertz CT molecular complexity index is 478. The first-order valence-electron chi connectivity index (χ1n) is 5.85. The molecule has 0 aliphatic heterocycles. The number of hydrogen-bond acceptors (Lipinski definition) is 3. The normalized spacial score (nSPS) is 22.3. The maximum Gasteiger partial charge on any atom is 0.358 e. The van der Waals surface area contributed by atoms with E-state index in [-0.39, 0.29) is 11.6 Å². The Kier molecular flexibility index (Phi) is 3.92. The SMILES string of the molecule is O=C(O)c1cc(CCCC2C=CC=CC2F)on1. The highest BCUT2D eigenvalue weighted by Gasteiger charge is 2.17. The van der Waals surface area contributed by atoms with Gasteiger partial charge >= 0.3 is 5.97 Å². The third-order valence-electron chi connectivity index (χ3n) is 2.91. The van der Waals surface area contributed by atoms with Gasteiger partial charge in [0.25, 0.3) is 0 Å². The molecule has 0 spiro atoms. The van der Waals surface area contributed by atoms with Gasteiger partial charge in [-0.25, -0.2) is 9.18 Å². The van der Waals surface area contributed by atoms with Gasteiger partial charge < -0.3 is 9.63 Å². The molecule has 1 heterocycles. The molecule has 2 unspecified atom stereocenters. The molecule has 1 aliphatic rings. The zero-order valence-corrected chi connectivity index (χ0v) is 9.75.